The Morgan fingerprint density at radius 2 is 1.67 bits per heavy atom. The summed E-state index contributed by atoms with van der Waals surface area (Å²) in [6.07, 6.45) is 0. The lowest BCUT2D eigenvalue weighted by atomic mass is 9.97. The van der Waals surface area contributed by atoms with E-state index in [-0.39, 0.29) is 23.9 Å². The van der Waals surface area contributed by atoms with E-state index in [9.17, 15) is 4.79 Å². The summed E-state index contributed by atoms with van der Waals surface area (Å²) in [4.78, 5) is 14.5. The van der Waals surface area contributed by atoms with Crippen LogP contribution >= 0.6 is 0 Å². The van der Waals surface area contributed by atoms with Gasteiger partial charge < -0.3 is 19.7 Å². The molecule has 0 aliphatic carbocycles. The zero-order chi connectivity index (χ0) is 15.7. The van der Waals surface area contributed by atoms with E-state index in [0.29, 0.717) is 11.5 Å². The third-order valence-corrected chi connectivity index (χ3v) is 3.76. The maximum Gasteiger partial charge on any atom is 0.250 e. The highest BCUT2D eigenvalue weighted by Gasteiger charge is 2.36. The summed E-state index contributed by atoms with van der Waals surface area (Å²) in [6, 6.07) is 3.61. The van der Waals surface area contributed by atoms with Gasteiger partial charge in [0.2, 0.25) is 5.91 Å². The Hall–Kier alpha value is -1.91. The fraction of sp³-hybridized carbons (Fsp3) is 0.562. The van der Waals surface area contributed by atoms with Crippen molar-refractivity contribution in [3.63, 3.8) is 0 Å². The van der Waals surface area contributed by atoms with Gasteiger partial charge in [-0.15, -0.1) is 0 Å². The highest BCUT2D eigenvalue weighted by Crippen LogP contribution is 2.42. The lowest BCUT2D eigenvalue weighted by Gasteiger charge is -2.39. The molecule has 1 N–H and O–H groups in total. The van der Waals surface area contributed by atoms with Crippen LogP contribution in [0, 0.1) is 5.92 Å². The van der Waals surface area contributed by atoms with Crippen molar-refractivity contribution in [2.75, 3.05) is 24.4 Å². The minimum Gasteiger partial charge on any atom is -0.493 e. The monoisotopic (exact) mass is 292 g/mol. The molecule has 1 atom stereocenters. The summed E-state index contributed by atoms with van der Waals surface area (Å²) >= 11 is 0. The largest absolute Gasteiger partial charge is 0.493 e. The van der Waals surface area contributed by atoms with Gasteiger partial charge in [0.25, 0.3) is 0 Å². The first kappa shape index (κ1) is 15.5. The van der Waals surface area contributed by atoms with Gasteiger partial charge in [0.15, 0.2) is 11.5 Å². The molecule has 2 rings (SSSR count). The molecule has 5 nitrogen and oxygen atoms in total. The number of hydrogen-bond donors (Lipinski definition) is 1. The SMILES string of the molecule is COc1cc2c(cc1OC)N(C(C)C)C(=O)C(C(C)C)N2. The van der Waals surface area contributed by atoms with Crippen molar-refractivity contribution in [3.8, 4) is 11.5 Å². The summed E-state index contributed by atoms with van der Waals surface area (Å²) in [5.41, 5.74) is 1.74. The average molecular weight is 292 g/mol. The normalized spacial score (nSPS) is 17.8. The summed E-state index contributed by atoms with van der Waals surface area (Å²) in [5, 5.41) is 3.33. The Kier molecular flexibility index (Phi) is 4.30. The molecule has 0 spiro atoms. The van der Waals surface area contributed by atoms with Gasteiger partial charge in [-0.05, 0) is 19.8 Å². The molecular formula is C16H24N2O3. The first-order chi connectivity index (χ1) is 9.90. The zero-order valence-electron chi connectivity index (χ0n) is 13.6. The smallest absolute Gasteiger partial charge is 0.250 e. The zero-order valence-corrected chi connectivity index (χ0v) is 13.6. The number of rotatable bonds is 4. The number of carbonyl (C=O) groups is 1. The lowest BCUT2D eigenvalue weighted by Crippen LogP contribution is -2.52. The van der Waals surface area contributed by atoms with Crippen molar-refractivity contribution < 1.29 is 14.3 Å². The van der Waals surface area contributed by atoms with Crippen LogP contribution in [-0.4, -0.2) is 32.2 Å². The minimum atomic E-state index is -0.224. The summed E-state index contributed by atoms with van der Waals surface area (Å²) in [6.45, 7) is 8.11. The van der Waals surface area contributed by atoms with Gasteiger partial charge in [-0.3, -0.25) is 4.79 Å². The number of fused-ring (bicyclic) bond motifs is 1. The number of anilines is 2. The van der Waals surface area contributed by atoms with Crippen LogP contribution in [0.3, 0.4) is 0 Å². The fourth-order valence-electron chi connectivity index (χ4n) is 2.67. The second kappa shape index (κ2) is 5.84. The van der Waals surface area contributed by atoms with Crippen molar-refractivity contribution in [2.24, 2.45) is 5.92 Å². The minimum absolute atomic E-state index is 0.0812. The Labute approximate surface area is 126 Å². The van der Waals surface area contributed by atoms with E-state index < -0.39 is 0 Å². The van der Waals surface area contributed by atoms with Crippen LogP contribution in [0.4, 0.5) is 11.4 Å². The molecule has 0 radical (unpaired) electrons. The standard InChI is InChI=1S/C16H24N2O3/c1-9(2)15-16(19)18(10(3)4)12-8-14(21-6)13(20-5)7-11(12)17-15/h7-10,15,17H,1-6H3. The number of carbonyl (C=O) groups excluding carboxylic acids is 1. The number of amides is 1. The van der Waals surface area contributed by atoms with Crippen molar-refractivity contribution in [1.82, 2.24) is 0 Å². The number of nitrogens with one attached hydrogen (secondary N) is 1. The quantitative estimate of drug-likeness (QED) is 0.927. The Morgan fingerprint density at radius 1 is 1.10 bits per heavy atom. The van der Waals surface area contributed by atoms with Crippen LogP contribution in [-0.2, 0) is 4.79 Å². The number of hydrogen-bond acceptors (Lipinski definition) is 4. The van der Waals surface area contributed by atoms with E-state index in [1.807, 2.05) is 44.7 Å². The number of ether oxygens (including phenoxy) is 2. The highest BCUT2D eigenvalue weighted by atomic mass is 16.5. The van der Waals surface area contributed by atoms with Crippen LogP contribution < -0.4 is 19.7 Å². The molecule has 21 heavy (non-hydrogen) atoms. The fourth-order valence-corrected chi connectivity index (χ4v) is 2.67. The predicted octanol–water partition coefficient (Wildman–Crippen LogP) is 2.90. The number of benzene rings is 1. The second-order valence-electron chi connectivity index (χ2n) is 5.89. The van der Waals surface area contributed by atoms with Crippen LogP contribution in [0.25, 0.3) is 0 Å². The van der Waals surface area contributed by atoms with Crippen LogP contribution in [0.5, 0.6) is 11.5 Å². The first-order valence-corrected chi connectivity index (χ1v) is 7.26. The maximum atomic E-state index is 12.7. The summed E-state index contributed by atoms with van der Waals surface area (Å²) < 4.78 is 10.7. The molecule has 0 fully saturated rings. The molecule has 1 amide bonds. The third-order valence-electron chi connectivity index (χ3n) is 3.76. The Morgan fingerprint density at radius 3 is 2.14 bits per heavy atom. The maximum absolute atomic E-state index is 12.7. The van der Waals surface area contributed by atoms with Crippen molar-refractivity contribution in [1.29, 1.82) is 0 Å². The van der Waals surface area contributed by atoms with Gasteiger partial charge in [-0.1, -0.05) is 13.8 Å². The van der Waals surface area contributed by atoms with E-state index >= 15 is 0 Å². The average Bonchev–Trinajstić information content (AvgIpc) is 2.44. The molecule has 0 aromatic heterocycles. The third kappa shape index (κ3) is 2.64. The molecular weight excluding hydrogens is 268 g/mol. The van der Waals surface area contributed by atoms with Gasteiger partial charge in [-0.25, -0.2) is 0 Å². The molecule has 1 heterocycles. The van der Waals surface area contributed by atoms with Gasteiger partial charge >= 0.3 is 0 Å². The Balaban J connectivity index is 2.58. The van der Waals surface area contributed by atoms with Crippen LogP contribution in [0.15, 0.2) is 12.1 Å². The van der Waals surface area contributed by atoms with Gasteiger partial charge in [0, 0.05) is 18.2 Å². The van der Waals surface area contributed by atoms with E-state index in [0.717, 1.165) is 11.4 Å². The molecule has 1 aliphatic heterocycles. The second-order valence-corrected chi connectivity index (χ2v) is 5.89. The highest BCUT2D eigenvalue weighted by molar-refractivity contribution is 6.06. The summed E-state index contributed by atoms with van der Waals surface area (Å²) in [5.74, 6) is 1.59. The molecule has 1 unspecified atom stereocenters. The predicted molar refractivity (Wildman–Crippen MR) is 84.4 cm³/mol. The van der Waals surface area contributed by atoms with Crippen molar-refractivity contribution in [2.45, 2.75) is 39.8 Å². The number of nitrogens with zero attached hydrogens (tertiary/aromatic N) is 1. The molecule has 0 saturated heterocycles. The first-order valence-electron chi connectivity index (χ1n) is 7.26. The molecule has 0 saturated carbocycles. The van der Waals surface area contributed by atoms with Crippen molar-refractivity contribution in [3.05, 3.63) is 12.1 Å². The molecule has 5 heteroatoms. The number of methoxy groups -OCH3 is 2. The van der Waals surface area contributed by atoms with Crippen LogP contribution in [0.2, 0.25) is 0 Å². The molecule has 1 aromatic rings. The van der Waals surface area contributed by atoms with Crippen LogP contribution in [0.1, 0.15) is 27.7 Å². The van der Waals surface area contributed by atoms with E-state index in [1.165, 1.54) is 0 Å². The van der Waals surface area contributed by atoms with E-state index in [4.69, 9.17) is 9.47 Å². The van der Waals surface area contributed by atoms with Gasteiger partial charge in [0.05, 0.1) is 25.6 Å². The van der Waals surface area contributed by atoms with E-state index in [2.05, 4.69) is 5.32 Å². The molecule has 116 valence electrons. The molecule has 1 aliphatic rings. The lowest BCUT2D eigenvalue weighted by molar-refractivity contribution is -0.120. The van der Waals surface area contributed by atoms with E-state index in [1.54, 1.807) is 14.2 Å². The molecule has 1 aromatic carbocycles. The van der Waals surface area contributed by atoms with Crippen molar-refractivity contribution >= 4 is 17.3 Å². The summed E-state index contributed by atoms with van der Waals surface area (Å²) in [7, 11) is 3.21. The van der Waals surface area contributed by atoms with Gasteiger partial charge in [-0.2, -0.15) is 0 Å². The van der Waals surface area contributed by atoms with Gasteiger partial charge in [0.1, 0.15) is 6.04 Å². The Bertz CT molecular complexity index is 541. The topological polar surface area (TPSA) is 50.8 Å². The molecule has 0 bridgehead atoms.